The van der Waals surface area contributed by atoms with Crippen LogP contribution in [0.1, 0.15) is 5.56 Å². The van der Waals surface area contributed by atoms with Crippen molar-refractivity contribution < 1.29 is 4.74 Å². The Bertz CT molecular complexity index is 545. The minimum absolute atomic E-state index is 0.478. The van der Waals surface area contributed by atoms with E-state index < -0.39 is 0 Å². The van der Waals surface area contributed by atoms with E-state index in [1.54, 1.807) is 7.11 Å². The van der Waals surface area contributed by atoms with E-state index in [1.807, 2.05) is 25.3 Å². The van der Waals surface area contributed by atoms with E-state index >= 15 is 0 Å². The molecule has 0 radical (unpaired) electrons. The summed E-state index contributed by atoms with van der Waals surface area (Å²) in [7, 11) is 1.62. The molecule has 0 N–H and O–H groups in total. The number of benzene rings is 1. The van der Waals surface area contributed by atoms with Crippen molar-refractivity contribution in [3.8, 4) is 5.75 Å². The van der Waals surface area contributed by atoms with E-state index in [9.17, 15) is 0 Å². The monoisotopic (exact) mass is 254 g/mol. The fraction of sp³-hybridized carbons (Fsp3) is 0.273. The first kappa shape index (κ1) is 11.5. The lowest BCUT2D eigenvalue weighted by molar-refractivity contribution is 0.418. The van der Waals surface area contributed by atoms with Crippen LogP contribution in [0.4, 0.5) is 0 Å². The predicted octanol–water partition coefficient (Wildman–Crippen LogP) is 3.32. The Balaban J connectivity index is 2.87. The van der Waals surface area contributed by atoms with Crippen molar-refractivity contribution in [1.29, 1.82) is 0 Å². The molecule has 5 heteroatoms. The molecule has 0 aliphatic rings. The number of fused-ring (bicyclic) bond motifs is 1. The molecule has 1 aromatic heterocycles. The molecule has 0 atom stereocenters. The third kappa shape index (κ3) is 1.83. The van der Waals surface area contributed by atoms with Gasteiger partial charge in [0.05, 0.1) is 7.11 Å². The highest BCUT2D eigenvalue weighted by molar-refractivity contribution is 7.98. The van der Waals surface area contributed by atoms with Crippen LogP contribution in [0, 0.1) is 6.92 Å². The van der Waals surface area contributed by atoms with Crippen molar-refractivity contribution in [3.05, 3.63) is 22.8 Å². The fourth-order valence-electron chi connectivity index (χ4n) is 1.56. The Morgan fingerprint density at radius 1 is 1.31 bits per heavy atom. The Morgan fingerprint density at radius 3 is 2.69 bits per heavy atom. The summed E-state index contributed by atoms with van der Waals surface area (Å²) >= 11 is 7.62. The summed E-state index contributed by atoms with van der Waals surface area (Å²) in [5.41, 5.74) is 1.82. The SMILES string of the molecule is COc1ccc(C)c2c(Cl)nc(SC)nc12. The van der Waals surface area contributed by atoms with Crippen LogP contribution in [-0.4, -0.2) is 23.3 Å². The summed E-state index contributed by atoms with van der Waals surface area (Å²) in [5.74, 6) is 0.722. The van der Waals surface area contributed by atoms with E-state index in [1.165, 1.54) is 11.8 Å². The van der Waals surface area contributed by atoms with Crippen LogP contribution in [-0.2, 0) is 0 Å². The van der Waals surface area contributed by atoms with Crippen molar-refractivity contribution >= 4 is 34.3 Å². The summed E-state index contributed by atoms with van der Waals surface area (Å²) in [6, 6.07) is 3.85. The van der Waals surface area contributed by atoms with Crippen LogP contribution in [0.3, 0.4) is 0 Å². The maximum Gasteiger partial charge on any atom is 0.189 e. The molecule has 84 valence electrons. The Morgan fingerprint density at radius 2 is 2.06 bits per heavy atom. The van der Waals surface area contributed by atoms with Crippen LogP contribution in [0.5, 0.6) is 5.75 Å². The molecule has 2 rings (SSSR count). The number of methoxy groups -OCH3 is 1. The smallest absolute Gasteiger partial charge is 0.189 e. The summed E-state index contributed by atoms with van der Waals surface area (Å²) in [6.45, 7) is 1.98. The quantitative estimate of drug-likeness (QED) is 0.468. The second-order valence-corrected chi connectivity index (χ2v) is 4.44. The number of nitrogens with zero attached hydrogens (tertiary/aromatic N) is 2. The molecular weight excluding hydrogens is 244 g/mol. The maximum atomic E-state index is 6.16. The minimum Gasteiger partial charge on any atom is -0.494 e. The fourth-order valence-corrected chi connectivity index (χ4v) is 2.29. The highest BCUT2D eigenvalue weighted by Gasteiger charge is 2.12. The van der Waals surface area contributed by atoms with Crippen molar-refractivity contribution in [2.24, 2.45) is 0 Å². The van der Waals surface area contributed by atoms with Crippen molar-refractivity contribution in [2.75, 3.05) is 13.4 Å². The first-order valence-corrected chi connectivity index (χ1v) is 6.32. The molecule has 0 bridgehead atoms. The zero-order valence-electron chi connectivity index (χ0n) is 9.24. The van der Waals surface area contributed by atoms with Crippen LogP contribution in [0.15, 0.2) is 17.3 Å². The van der Waals surface area contributed by atoms with Crippen LogP contribution in [0.25, 0.3) is 10.9 Å². The predicted molar refractivity (Wildman–Crippen MR) is 67.6 cm³/mol. The van der Waals surface area contributed by atoms with Crippen molar-refractivity contribution in [3.63, 3.8) is 0 Å². The third-order valence-electron chi connectivity index (χ3n) is 2.36. The second kappa shape index (κ2) is 4.47. The van der Waals surface area contributed by atoms with E-state index in [-0.39, 0.29) is 0 Å². The van der Waals surface area contributed by atoms with Gasteiger partial charge in [-0.3, -0.25) is 0 Å². The van der Waals surface area contributed by atoms with Gasteiger partial charge in [-0.1, -0.05) is 29.4 Å². The van der Waals surface area contributed by atoms with Gasteiger partial charge < -0.3 is 4.74 Å². The van der Waals surface area contributed by atoms with Crippen molar-refractivity contribution in [1.82, 2.24) is 9.97 Å². The van der Waals surface area contributed by atoms with E-state index in [0.717, 1.165) is 22.2 Å². The number of hydrogen-bond donors (Lipinski definition) is 0. The number of aryl methyl sites for hydroxylation is 1. The van der Waals surface area contributed by atoms with Gasteiger partial charge in [0.25, 0.3) is 0 Å². The van der Waals surface area contributed by atoms with Gasteiger partial charge in [-0.2, -0.15) is 0 Å². The largest absolute Gasteiger partial charge is 0.494 e. The van der Waals surface area contributed by atoms with Gasteiger partial charge in [0.15, 0.2) is 5.16 Å². The highest BCUT2D eigenvalue weighted by Crippen LogP contribution is 2.32. The normalized spacial score (nSPS) is 10.8. The third-order valence-corrected chi connectivity index (χ3v) is 3.18. The molecule has 0 amide bonds. The molecule has 0 aliphatic carbocycles. The van der Waals surface area contributed by atoms with Gasteiger partial charge in [0, 0.05) is 5.39 Å². The number of ether oxygens (including phenoxy) is 1. The van der Waals surface area contributed by atoms with Crippen LogP contribution < -0.4 is 4.74 Å². The molecule has 0 saturated heterocycles. The molecule has 0 spiro atoms. The van der Waals surface area contributed by atoms with Crippen LogP contribution >= 0.6 is 23.4 Å². The number of halogens is 1. The minimum atomic E-state index is 0.478. The van der Waals surface area contributed by atoms with Gasteiger partial charge in [0.1, 0.15) is 16.4 Å². The van der Waals surface area contributed by atoms with Crippen LogP contribution in [0.2, 0.25) is 5.15 Å². The average molecular weight is 255 g/mol. The lowest BCUT2D eigenvalue weighted by Crippen LogP contribution is -1.94. The summed E-state index contributed by atoms with van der Waals surface area (Å²) < 4.78 is 5.28. The molecule has 3 nitrogen and oxygen atoms in total. The molecule has 1 aromatic carbocycles. The average Bonchev–Trinajstić information content (AvgIpc) is 2.28. The molecule has 0 saturated carbocycles. The Labute approximate surface area is 103 Å². The van der Waals surface area contributed by atoms with Gasteiger partial charge in [-0.05, 0) is 24.8 Å². The lowest BCUT2D eigenvalue weighted by Gasteiger charge is -2.09. The van der Waals surface area contributed by atoms with Gasteiger partial charge in [-0.15, -0.1) is 0 Å². The van der Waals surface area contributed by atoms with Gasteiger partial charge in [0.2, 0.25) is 0 Å². The van der Waals surface area contributed by atoms with Gasteiger partial charge in [-0.25, -0.2) is 9.97 Å². The number of rotatable bonds is 2. The molecular formula is C11H11ClN2OS. The first-order valence-electron chi connectivity index (χ1n) is 4.72. The molecule has 0 fully saturated rings. The standard InChI is InChI=1S/C11H11ClN2OS/c1-6-4-5-7(15-2)9-8(6)10(12)14-11(13-9)16-3/h4-5H,1-3H3. The Kier molecular flexibility index (Phi) is 3.21. The maximum absolute atomic E-state index is 6.16. The van der Waals surface area contributed by atoms with E-state index in [2.05, 4.69) is 9.97 Å². The number of thioether (sulfide) groups is 1. The zero-order chi connectivity index (χ0) is 11.7. The topological polar surface area (TPSA) is 35.0 Å². The number of aromatic nitrogens is 2. The molecule has 2 aromatic rings. The lowest BCUT2D eigenvalue weighted by atomic mass is 10.1. The van der Waals surface area contributed by atoms with E-state index in [4.69, 9.17) is 16.3 Å². The molecule has 0 aliphatic heterocycles. The van der Waals surface area contributed by atoms with Crippen molar-refractivity contribution in [2.45, 2.75) is 12.1 Å². The molecule has 16 heavy (non-hydrogen) atoms. The van der Waals surface area contributed by atoms with E-state index in [0.29, 0.717) is 10.3 Å². The summed E-state index contributed by atoms with van der Waals surface area (Å²) in [6.07, 6.45) is 1.92. The summed E-state index contributed by atoms with van der Waals surface area (Å²) in [4.78, 5) is 8.65. The van der Waals surface area contributed by atoms with Gasteiger partial charge >= 0.3 is 0 Å². The first-order chi connectivity index (χ1) is 7.67. The Hall–Kier alpha value is -1.00. The molecule has 1 heterocycles. The zero-order valence-corrected chi connectivity index (χ0v) is 10.8. The highest BCUT2D eigenvalue weighted by atomic mass is 35.5. The summed E-state index contributed by atoms with van der Waals surface area (Å²) in [5, 5.41) is 1.99. The second-order valence-electron chi connectivity index (χ2n) is 3.31. The molecule has 0 unspecified atom stereocenters. The number of hydrogen-bond acceptors (Lipinski definition) is 4.